The van der Waals surface area contributed by atoms with E-state index in [-0.39, 0.29) is 11.5 Å². The van der Waals surface area contributed by atoms with Gasteiger partial charge in [-0.2, -0.15) is 5.10 Å². The number of nitrogens with one attached hydrogen (secondary N) is 1. The summed E-state index contributed by atoms with van der Waals surface area (Å²) in [7, 11) is 0. The van der Waals surface area contributed by atoms with E-state index >= 15 is 0 Å². The van der Waals surface area contributed by atoms with Gasteiger partial charge in [-0.05, 0) is 67.1 Å². The molecule has 4 aromatic carbocycles. The fourth-order valence-corrected chi connectivity index (χ4v) is 5.47. The number of hydrogen-bond donors (Lipinski definition) is 3. The lowest BCUT2D eigenvalue weighted by molar-refractivity contribution is 0.403. The third-order valence-electron chi connectivity index (χ3n) is 7.04. The number of aromatic hydroxyl groups is 2. The molecule has 2 aliphatic rings. The monoisotopic (exact) mass is 546 g/mol. The Bertz CT molecular complexity index is 1850. The molecular formula is C31H23ClN6O2. The number of aryl methyl sites for hydroxylation is 1. The molecule has 0 amide bonds. The van der Waals surface area contributed by atoms with Gasteiger partial charge in [0, 0.05) is 16.3 Å². The molecule has 0 bridgehead atoms. The molecule has 0 fully saturated rings. The molecule has 0 saturated heterocycles. The Kier molecular flexibility index (Phi) is 5.57. The van der Waals surface area contributed by atoms with Gasteiger partial charge in [-0.15, -0.1) is 0 Å². The van der Waals surface area contributed by atoms with Gasteiger partial charge in [-0.1, -0.05) is 54.1 Å². The molecule has 0 spiro atoms. The van der Waals surface area contributed by atoms with E-state index in [0.29, 0.717) is 22.5 Å². The van der Waals surface area contributed by atoms with E-state index in [4.69, 9.17) is 26.7 Å². The molecule has 0 radical (unpaired) electrons. The van der Waals surface area contributed by atoms with Crippen molar-refractivity contribution in [1.29, 1.82) is 0 Å². The van der Waals surface area contributed by atoms with Crippen molar-refractivity contribution in [2.75, 3.05) is 10.2 Å². The summed E-state index contributed by atoms with van der Waals surface area (Å²) in [6, 6.07) is 29.6. The van der Waals surface area contributed by atoms with E-state index < -0.39 is 6.04 Å². The number of fused-ring (bicyclic) bond motifs is 4. The molecule has 7 rings (SSSR count). The van der Waals surface area contributed by atoms with Crippen LogP contribution in [-0.2, 0) is 0 Å². The lowest BCUT2D eigenvalue weighted by atomic mass is 9.93. The van der Waals surface area contributed by atoms with Gasteiger partial charge in [-0.3, -0.25) is 0 Å². The van der Waals surface area contributed by atoms with Gasteiger partial charge in [0.25, 0.3) is 0 Å². The molecule has 2 aliphatic heterocycles. The standard InChI is InChI=1S/C31H23ClN6O2/c1-18-27-28(19-14-15-25(39)26(40)16-19)37-24-13-6-5-12-23(24)34-29(33-21-9-7-8-20(32)17-21)31(37)35-30(27)38(36-18)22-10-3-2-4-11-22/h2-17,28,39-40H,1H3,(H,33,34)/t28-/m1/s1. The predicted molar refractivity (Wildman–Crippen MR) is 158 cm³/mol. The first-order valence-electron chi connectivity index (χ1n) is 12.7. The minimum atomic E-state index is -0.431. The van der Waals surface area contributed by atoms with Crippen molar-refractivity contribution >= 4 is 46.2 Å². The van der Waals surface area contributed by atoms with Crippen molar-refractivity contribution in [1.82, 2.24) is 9.78 Å². The molecule has 5 aromatic rings. The number of aliphatic imine (C=N–C) groups is 2. The summed E-state index contributed by atoms with van der Waals surface area (Å²) in [5, 5.41) is 29.6. The number of hydrogen-bond acceptors (Lipinski definition) is 7. The number of amidine groups is 2. The van der Waals surface area contributed by atoms with Crippen molar-refractivity contribution in [3.63, 3.8) is 0 Å². The second-order valence-corrected chi connectivity index (χ2v) is 10.0. The molecule has 40 heavy (non-hydrogen) atoms. The van der Waals surface area contributed by atoms with E-state index in [1.807, 2.05) is 96.5 Å². The number of phenols is 2. The van der Waals surface area contributed by atoms with E-state index in [0.717, 1.165) is 39.6 Å². The van der Waals surface area contributed by atoms with Gasteiger partial charge < -0.3 is 20.4 Å². The lowest BCUT2D eigenvalue weighted by Gasteiger charge is -2.40. The molecule has 0 aliphatic carbocycles. The molecule has 0 unspecified atom stereocenters. The van der Waals surface area contributed by atoms with E-state index in [1.165, 1.54) is 6.07 Å². The van der Waals surface area contributed by atoms with Crippen molar-refractivity contribution in [3.05, 3.63) is 119 Å². The Morgan fingerprint density at radius 3 is 2.42 bits per heavy atom. The molecule has 0 saturated carbocycles. The number of phenolic OH excluding ortho intramolecular Hbond substituents is 2. The smallest absolute Gasteiger partial charge is 0.179 e. The Hall–Kier alpha value is -5.08. The molecule has 9 heteroatoms. The van der Waals surface area contributed by atoms with Crippen LogP contribution in [0.5, 0.6) is 11.5 Å². The minimum Gasteiger partial charge on any atom is -0.504 e. The first-order valence-corrected chi connectivity index (χ1v) is 13.1. The topological polar surface area (TPSA) is 98.3 Å². The third kappa shape index (κ3) is 3.88. The fraction of sp³-hybridized carbons (Fsp3) is 0.0645. The van der Waals surface area contributed by atoms with Crippen LogP contribution in [-0.4, -0.2) is 31.7 Å². The number of nitrogens with zero attached hydrogens (tertiary/aromatic N) is 5. The maximum atomic E-state index is 10.5. The van der Waals surface area contributed by atoms with Gasteiger partial charge in [0.2, 0.25) is 0 Å². The molecule has 196 valence electrons. The van der Waals surface area contributed by atoms with Crippen LogP contribution in [0.1, 0.15) is 22.9 Å². The highest BCUT2D eigenvalue weighted by Gasteiger charge is 2.41. The van der Waals surface area contributed by atoms with Crippen LogP contribution < -0.4 is 10.2 Å². The zero-order valence-corrected chi connectivity index (χ0v) is 22.1. The SMILES string of the molecule is Cc1nn(-c2ccccc2)c2c1[C@@H](c1ccc(O)c(O)c1)N1C(=N2)C(Nc2cccc(Cl)c2)=Nc2ccccc21. The zero-order valence-electron chi connectivity index (χ0n) is 21.3. The Labute approximate surface area is 235 Å². The molecule has 1 atom stereocenters. The molecule has 1 aromatic heterocycles. The highest BCUT2D eigenvalue weighted by atomic mass is 35.5. The summed E-state index contributed by atoms with van der Waals surface area (Å²) in [5.41, 5.74) is 5.70. The average molecular weight is 547 g/mol. The van der Waals surface area contributed by atoms with E-state index in [2.05, 4.69) is 10.2 Å². The maximum absolute atomic E-state index is 10.5. The summed E-state index contributed by atoms with van der Waals surface area (Å²) in [5.74, 6) is 1.40. The molecule has 8 nitrogen and oxygen atoms in total. The summed E-state index contributed by atoms with van der Waals surface area (Å²) >= 11 is 6.29. The van der Waals surface area contributed by atoms with Gasteiger partial charge in [0.05, 0.1) is 28.8 Å². The molecular weight excluding hydrogens is 524 g/mol. The third-order valence-corrected chi connectivity index (χ3v) is 7.28. The van der Waals surface area contributed by atoms with Crippen LogP contribution in [0.15, 0.2) is 107 Å². The highest BCUT2D eigenvalue weighted by Crippen LogP contribution is 2.49. The molecule has 3 heterocycles. The van der Waals surface area contributed by atoms with Gasteiger partial charge >= 0.3 is 0 Å². The van der Waals surface area contributed by atoms with E-state index in [9.17, 15) is 10.2 Å². The van der Waals surface area contributed by atoms with Gasteiger partial charge in [0.1, 0.15) is 0 Å². The molecule has 3 N–H and O–H groups in total. The highest BCUT2D eigenvalue weighted by molar-refractivity contribution is 6.51. The van der Waals surface area contributed by atoms with Gasteiger partial charge in [-0.25, -0.2) is 14.7 Å². The van der Waals surface area contributed by atoms with Crippen molar-refractivity contribution < 1.29 is 10.2 Å². The van der Waals surface area contributed by atoms with Crippen LogP contribution >= 0.6 is 11.6 Å². The summed E-state index contributed by atoms with van der Waals surface area (Å²) < 4.78 is 1.83. The van der Waals surface area contributed by atoms with Crippen molar-refractivity contribution in [2.24, 2.45) is 9.98 Å². The number of benzene rings is 4. The maximum Gasteiger partial charge on any atom is 0.179 e. The summed E-state index contributed by atoms with van der Waals surface area (Å²) in [4.78, 5) is 12.3. The van der Waals surface area contributed by atoms with Crippen LogP contribution in [0.3, 0.4) is 0 Å². The number of anilines is 2. The summed E-state index contributed by atoms with van der Waals surface area (Å²) in [6.45, 7) is 1.96. The largest absolute Gasteiger partial charge is 0.504 e. The van der Waals surface area contributed by atoms with Crippen LogP contribution in [0, 0.1) is 6.92 Å². The van der Waals surface area contributed by atoms with Crippen molar-refractivity contribution in [2.45, 2.75) is 13.0 Å². The Morgan fingerprint density at radius 2 is 1.62 bits per heavy atom. The first-order chi connectivity index (χ1) is 19.5. The minimum absolute atomic E-state index is 0.186. The second kappa shape index (κ2) is 9.29. The summed E-state index contributed by atoms with van der Waals surface area (Å²) in [6.07, 6.45) is 0. The Balaban J connectivity index is 1.51. The fourth-order valence-electron chi connectivity index (χ4n) is 5.28. The average Bonchev–Trinajstić information content (AvgIpc) is 3.30. The number of rotatable bonds is 3. The van der Waals surface area contributed by atoms with Gasteiger partial charge in [0.15, 0.2) is 29.0 Å². The number of halogens is 1. The quantitative estimate of drug-likeness (QED) is 0.211. The lowest BCUT2D eigenvalue weighted by Crippen LogP contribution is -2.46. The Morgan fingerprint density at radius 1 is 0.825 bits per heavy atom. The van der Waals surface area contributed by atoms with Crippen LogP contribution in [0.4, 0.5) is 22.9 Å². The number of aromatic nitrogens is 2. The number of para-hydroxylation sites is 3. The normalized spacial score (nSPS) is 15.4. The van der Waals surface area contributed by atoms with Crippen LogP contribution in [0.25, 0.3) is 5.69 Å². The second-order valence-electron chi connectivity index (χ2n) is 9.61. The van der Waals surface area contributed by atoms with E-state index in [1.54, 1.807) is 6.07 Å². The van der Waals surface area contributed by atoms with Crippen LogP contribution in [0.2, 0.25) is 5.02 Å². The predicted octanol–water partition coefficient (Wildman–Crippen LogP) is 7.04. The van der Waals surface area contributed by atoms with Crippen molar-refractivity contribution in [3.8, 4) is 17.2 Å². The first kappa shape index (κ1) is 24.0. The zero-order chi connectivity index (χ0) is 27.4.